The highest BCUT2D eigenvalue weighted by atomic mass is 35.5. The van der Waals surface area contributed by atoms with Gasteiger partial charge in [0.25, 0.3) is 0 Å². The van der Waals surface area contributed by atoms with Crippen molar-refractivity contribution in [3.8, 4) is 0 Å². The third-order valence-electron chi connectivity index (χ3n) is 4.50. The fourth-order valence-electron chi connectivity index (χ4n) is 3.15. The number of halogens is 1. The molecule has 0 aromatic rings. The molecule has 0 radical (unpaired) electrons. The zero-order chi connectivity index (χ0) is 15.1. The van der Waals surface area contributed by atoms with Gasteiger partial charge in [0.1, 0.15) is 0 Å². The Morgan fingerprint density at radius 2 is 2.00 bits per heavy atom. The molecule has 2 aliphatic rings. The van der Waals surface area contributed by atoms with E-state index in [1.807, 2.05) is 4.90 Å². The molecule has 130 valence electrons. The molecule has 2 fully saturated rings. The second-order valence-corrected chi connectivity index (χ2v) is 6.28. The fraction of sp³-hybridized carbons (Fsp3) is 0.938. The number of carbonyl (C=O) groups is 1. The predicted octanol–water partition coefficient (Wildman–Crippen LogP) is 2.11. The lowest BCUT2D eigenvalue weighted by Crippen LogP contribution is -2.41. The van der Waals surface area contributed by atoms with Crippen molar-refractivity contribution in [2.24, 2.45) is 5.73 Å². The van der Waals surface area contributed by atoms with Crippen molar-refractivity contribution >= 4 is 18.3 Å². The molecule has 0 spiro atoms. The molecule has 2 aliphatic heterocycles. The topological polar surface area (TPSA) is 64.8 Å². The molecule has 2 saturated heterocycles. The molecule has 0 bridgehead atoms. The smallest absolute Gasteiger partial charge is 0.222 e. The largest absolute Gasteiger partial charge is 0.378 e. The second kappa shape index (κ2) is 10.4. The normalized spacial score (nSPS) is 26.0. The minimum atomic E-state index is 0. The SMILES string of the molecule is CC1CCC(CCC(=O)N2CCC(OCCCN)CC2)O1.Cl. The van der Waals surface area contributed by atoms with E-state index in [1.54, 1.807) is 0 Å². The quantitative estimate of drug-likeness (QED) is 0.724. The number of nitrogens with two attached hydrogens (primary N) is 1. The first-order chi connectivity index (χ1) is 10.2. The van der Waals surface area contributed by atoms with Crippen LogP contribution in [0, 0.1) is 0 Å². The number of piperidine rings is 1. The number of carbonyl (C=O) groups excluding carboxylic acids is 1. The lowest BCUT2D eigenvalue weighted by Gasteiger charge is -2.32. The molecule has 0 aromatic carbocycles. The molecule has 0 aliphatic carbocycles. The van der Waals surface area contributed by atoms with E-state index < -0.39 is 0 Å². The van der Waals surface area contributed by atoms with E-state index >= 15 is 0 Å². The van der Waals surface area contributed by atoms with Crippen LogP contribution < -0.4 is 5.73 Å². The van der Waals surface area contributed by atoms with Crippen LogP contribution in [0.5, 0.6) is 0 Å². The summed E-state index contributed by atoms with van der Waals surface area (Å²) in [5.74, 6) is 0.276. The van der Waals surface area contributed by atoms with Gasteiger partial charge in [-0.1, -0.05) is 0 Å². The Morgan fingerprint density at radius 3 is 2.59 bits per heavy atom. The third kappa shape index (κ3) is 6.41. The van der Waals surface area contributed by atoms with Crippen LogP contribution in [0.15, 0.2) is 0 Å². The maximum absolute atomic E-state index is 12.2. The predicted molar refractivity (Wildman–Crippen MR) is 89.3 cm³/mol. The molecular weight excluding hydrogens is 304 g/mol. The molecule has 5 nitrogen and oxygen atoms in total. The monoisotopic (exact) mass is 334 g/mol. The zero-order valence-electron chi connectivity index (χ0n) is 13.7. The minimum Gasteiger partial charge on any atom is -0.378 e. The van der Waals surface area contributed by atoms with Gasteiger partial charge in [0.2, 0.25) is 5.91 Å². The first kappa shape index (κ1) is 19.7. The van der Waals surface area contributed by atoms with Crippen LogP contribution in [0.4, 0.5) is 0 Å². The standard InChI is InChI=1S/C16H30N2O3.ClH/c1-13-3-4-15(21-13)5-6-16(19)18-10-7-14(8-11-18)20-12-2-9-17;/h13-15H,2-12,17H2,1H3;1H. The summed E-state index contributed by atoms with van der Waals surface area (Å²) < 4.78 is 11.5. The van der Waals surface area contributed by atoms with Gasteiger partial charge >= 0.3 is 0 Å². The lowest BCUT2D eigenvalue weighted by atomic mass is 10.1. The van der Waals surface area contributed by atoms with Gasteiger partial charge in [-0.3, -0.25) is 4.79 Å². The minimum absolute atomic E-state index is 0. The molecule has 2 heterocycles. The molecule has 2 unspecified atom stereocenters. The van der Waals surface area contributed by atoms with Crippen molar-refractivity contribution in [2.75, 3.05) is 26.2 Å². The third-order valence-corrected chi connectivity index (χ3v) is 4.50. The second-order valence-electron chi connectivity index (χ2n) is 6.28. The van der Waals surface area contributed by atoms with Crippen LogP contribution in [0.3, 0.4) is 0 Å². The maximum Gasteiger partial charge on any atom is 0.222 e. The Bertz CT molecular complexity index is 323. The van der Waals surface area contributed by atoms with Crippen LogP contribution in [-0.2, 0) is 14.3 Å². The molecule has 0 aromatic heterocycles. The molecule has 22 heavy (non-hydrogen) atoms. The van der Waals surface area contributed by atoms with Gasteiger partial charge in [-0.25, -0.2) is 0 Å². The molecular formula is C16H31ClN2O3. The van der Waals surface area contributed by atoms with Gasteiger partial charge < -0.3 is 20.1 Å². The van der Waals surface area contributed by atoms with Gasteiger partial charge in [0, 0.05) is 26.1 Å². The first-order valence-electron chi connectivity index (χ1n) is 8.44. The number of nitrogens with zero attached hydrogens (tertiary/aromatic N) is 1. The molecule has 1 amide bonds. The number of rotatable bonds is 7. The molecule has 2 N–H and O–H groups in total. The molecule has 2 atom stereocenters. The average Bonchev–Trinajstić information content (AvgIpc) is 2.91. The van der Waals surface area contributed by atoms with E-state index in [1.165, 1.54) is 0 Å². The summed E-state index contributed by atoms with van der Waals surface area (Å²) in [6.45, 7) is 5.19. The van der Waals surface area contributed by atoms with E-state index in [-0.39, 0.29) is 18.3 Å². The van der Waals surface area contributed by atoms with E-state index in [0.29, 0.717) is 31.3 Å². The molecule has 6 heteroatoms. The van der Waals surface area contributed by atoms with Crippen LogP contribution >= 0.6 is 12.4 Å². The first-order valence-corrected chi connectivity index (χ1v) is 8.44. The maximum atomic E-state index is 12.2. The Kier molecular flexibility index (Phi) is 9.33. The van der Waals surface area contributed by atoms with Crippen molar-refractivity contribution < 1.29 is 14.3 Å². The summed E-state index contributed by atoms with van der Waals surface area (Å²) in [6.07, 6.45) is 7.51. The van der Waals surface area contributed by atoms with Crippen molar-refractivity contribution in [3.63, 3.8) is 0 Å². The number of ether oxygens (including phenoxy) is 2. The average molecular weight is 335 g/mol. The fourth-order valence-corrected chi connectivity index (χ4v) is 3.15. The van der Waals surface area contributed by atoms with E-state index in [9.17, 15) is 4.79 Å². The van der Waals surface area contributed by atoms with Gasteiger partial charge in [0.15, 0.2) is 0 Å². The summed E-state index contributed by atoms with van der Waals surface area (Å²) in [5, 5.41) is 0. The Balaban J connectivity index is 0.00000242. The van der Waals surface area contributed by atoms with E-state index in [4.69, 9.17) is 15.2 Å². The number of hydrogen-bond acceptors (Lipinski definition) is 4. The van der Waals surface area contributed by atoms with Crippen LogP contribution in [0.25, 0.3) is 0 Å². The summed E-state index contributed by atoms with van der Waals surface area (Å²) in [5.41, 5.74) is 5.46. The van der Waals surface area contributed by atoms with Gasteiger partial charge in [-0.05, 0) is 52.0 Å². The summed E-state index contributed by atoms with van der Waals surface area (Å²) >= 11 is 0. The van der Waals surface area contributed by atoms with Crippen LogP contribution in [-0.4, -0.2) is 55.4 Å². The number of likely N-dealkylation sites (tertiary alicyclic amines) is 1. The summed E-state index contributed by atoms with van der Waals surface area (Å²) in [7, 11) is 0. The van der Waals surface area contributed by atoms with Crippen LogP contribution in [0.2, 0.25) is 0 Å². The van der Waals surface area contributed by atoms with E-state index in [0.717, 1.165) is 58.2 Å². The highest BCUT2D eigenvalue weighted by Crippen LogP contribution is 2.23. The van der Waals surface area contributed by atoms with Crippen molar-refractivity contribution in [1.82, 2.24) is 4.90 Å². The number of hydrogen-bond donors (Lipinski definition) is 1. The Morgan fingerprint density at radius 1 is 1.27 bits per heavy atom. The summed E-state index contributed by atoms with van der Waals surface area (Å²) in [4.78, 5) is 14.2. The highest BCUT2D eigenvalue weighted by Gasteiger charge is 2.26. The van der Waals surface area contributed by atoms with Gasteiger partial charge in [-0.15, -0.1) is 12.4 Å². The summed E-state index contributed by atoms with van der Waals surface area (Å²) in [6, 6.07) is 0. The van der Waals surface area contributed by atoms with Crippen molar-refractivity contribution in [1.29, 1.82) is 0 Å². The molecule has 2 rings (SSSR count). The zero-order valence-corrected chi connectivity index (χ0v) is 14.5. The Labute approximate surface area is 140 Å². The van der Waals surface area contributed by atoms with Crippen LogP contribution in [0.1, 0.15) is 51.9 Å². The van der Waals surface area contributed by atoms with Gasteiger partial charge in [0.05, 0.1) is 18.3 Å². The van der Waals surface area contributed by atoms with Crippen molar-refractivity contribution in [2.45, 2.75) is 70.2 Å². The molecule has 0 saturated carbocycles. The highest BCUT2D eigenvalue weighted by molar-refractivity contribution is 5.85. The van der Waals surface area contributed by atoms with Crippen molar-refractivity contribution in [3.05, 3.63) is 0 Å². The van der Waals surface area contributed by atoms with E-state index in [2.05, 4.69) is 6.92 Å². The van der Waals surface area contributed by atoms with Gasteiger partial charge in [-0.2, -0.15) is 0 Å². The lowest BCUT2D eigenvalue weighted by molar-refractivity contribution is -0.134. The number of amides is 1. The Hall–Kier alpha value is -0.360.